The van der Waals surface area contributed by atoms with E-state index < -0.39 is 0 Å². The van der Waals surface area contributed by atoms with Crippen molar-refractivity contribution < 1.29 is 13.9 Å². The predicted molar refractivity (Wildman–Crippen MR) is 78.4 cm³/mol. The van der Waals surface area contributed by atoms with Gasteiger partial charge in [0, 0.05) is 19.3 Å². The molecule has 1 aromatic carbocycles. The van der Waals surface area contributed by atoms with Crippen molar-refractivity contribution in [3.05, 3.63) is 30.1 Å². The van der Waals surface area contributed by atoms with Gasteiger partial charge in [-0.15, -0.1) is 0 Å². The van der Waals surface area contributed by atoms with Gasteiger partial charge in [-0.25, -0.2) is 4.39 Å². The van der Waals surface area contributed by atoms with Crippen molar-refractivity contribution in [2.24, 2.45) is 0 Å². The zero-order valence-electron chi connectivity index (χ0n) is 12.4. The van der Waals surface area contributed by atoms with E-state index in [0.29, 0.717) is 13.2 Å². The monoisotopic (exact) mass is 282 g/mol. The smallest absolute Gasteiger partial charge is 0.324 e. The van der Waals surface area contributed by atoms with Gasteiger partial charge in [-0.2, -0.15) is 0 Å². The predicted octanol–water partition coefficient (Wildman–Crippen LogP) is 2.19. The highest BCUT2D eigenvalue weighted by Crippen LogP contribution is 2.13. The lowest BCUT2D eigenvalue weighted by Crippen LogP contribution is -2.46. The molecule has 5 heteroatoms. The van der Waals surface area contributed by atoms with E-state index in [1.54, 1.807) is 19.1 Å². The summed E-state index contributed by atoms with van der Waals surface area (Å²) in [7, 11) is 1.87. The minimum Gasteiger partial charge on any atom is -0.465 e. The van der Waals surface area contributed by atoms with Gasteiger partial charge in [0.05, 0.1) is 6.61 Å². The fourth-order valence-electron chi connectivity index (χ4n) is 1.86. The van der Waals surface area contributed by atoms with Crippen molar-refractivity contribution in [3.63, 3.8) is 0 Å². The topological polar surface area (TPSA) is 41.6 Å². The summed E-state index contributed by atoms with van der Waals surface area (Å²) in [5, 5.41) is 3.18. The van der Waals surface area contributed by atoms with Crippen molar-refractivity contribution in [3.8, 4) is 0 Å². The Morgan fingerprint density at radius 2 is 2.00 bits per heavy atom. The van der Waals surface area contributed by atoms with Crippen LogP contribution in [0.15, 0.2) is 24.3 Å². The van der Waals surface area contributed by atoms with Crippen molar-refractivity contribution in [1.29, 1.82) is 0 Å². The molecule has 0 heterocycles. The quantitative estimate of drug-likeness (QED) is 0.742. The van der Waals surface area contributed by atoms with Crippen LogP contribution in [-0.2, 0) is 9.53 Å². The molecule has 20 heavy (non-hydrogen) atoms. The molecule has 0 aliphatic heterocycles. The molecule has 0 aliphatic rings. The Morgan fingerprint density at radius 3 is 2.55 bits per heavy atom. The molecule has 1 rings (SSSR count). The van der Waals surface area contributed by atoms with Gasteiger partial charge in [0.2, 0.25) is 0 Å². The van der Waals surface area contributed by atoms with E-state index in [0.717, 1.165) is 18.7 Å². The molecule has 0 aliphatic carbocycles. The van der Waals surface area contributed by atoms with E-state index in [1.165, 1.54) is 12.1 Å². The first-order valence-electron chi connectivity index (χ1n) is 6.95. The average Bonchev–Trinajstić information content (AvgIpc) is 2.44. The number of carbonyl (C=O) groups is 1. The summed E-state index contributed by atoms with van der Waals surface area (Å²) in [6.07, 6.45) is 0.941. The van der Waals surface area contributed by atoms with Gasteiger partial charge in [0.1, 0.15) is 11.9 Å². The molecule has 1 unspecified atom stereocenters. The summed E-state index contributed by atoms with van der Waals surface area (Å²) in [4.78, 5) is 13.8. The molecule has 0 saturated heterocycles. The van der Waals surface area contributed by atoms with Gasteiger partial charge in [0.25, 0.3) is 0 Å². The van der Waals surface area contributed by atoms with Gasteiger partial charge < -0.3 is 15.0 Å². The van der Waals surface area contributed by atoms with Gasteiger partial charge >= 0.3 is 5.97 Å². The molecule has 0 amide bonds. The number of anilines is 1. The summed E-state index contributed by atoms with van der Waals surface area (Å²) >= 11 is 0. The second-order valence-corrected chi connectivity index (χ2v) is 4.62. The SMILES string of the molecule is CCCNC(CN(C)c1ccc(F)cc1)C(=O)OCC. The fraction of sp³-hybridized carbons (Fsp3) is 0.533. The van der Waals surface area contributed by atoms with Gasteiger partial charge in [-0.05, 0) is 44.2 Å². The number of carbonyl (C=O) groups excluding carboxylic acids is 1. The summed E-state index contributed by atoms with van der Waals surface area (Å²) < 4.78 is 18.0. The largest absolute Gasteiger partial charge is 0.465 e. The standard InChI is InChI=1S/C15H23FN2O2/c1-4-10-17-14(15(19)20-5-2)11-18(3)13-8-6-12(16)7-9-13/h6-9,14,17H,4-5,10-11H2,1-3H3. The number of rotatable bonds is 8. The highest BCUT2D eigenvalue weighted by atomic mass is 19.1. The molecule has 0 saturated carbocycles. The Kier molecular flexibility index (Phi) is 7.01. The Labute approximate surface area is 119 Å². The van der Waals surface area contributed by atoms with Crippen LogP contribution in [0.25, 0.3) is 0 Å². The van der Waals surface area contributed by atoms with Gasteiger partial charge in [-0.1, -0.05) is 6.92 Å². The first-order chi connectivity index (χ1) is 9.58. The fourth-order valence-corrected chi connectivity index (χ4v) is 1.86. The van der Waals surface area contributed by atoms with E-state index in [-0.39, 0.29) is 17.8 Å². The number of hydrogen-bond donors (Lipinski definition) is 1. The second-order valence-electron chi connectivity index (χ2n) is 4.62. The number of nitrogens with zero attached hydrogens (tertiary/aromatic N) is 1. The zero-order valence-corrected chi connectivity index (χ0v) is 12.4. The van der Waals surface area contributed by atoms with E-state index in [1.807, 2.05) is 18.9 Å². The summed E-state index contributed by atoms with van der Waals surface area (Å²) in [5.74, 6) is -0.525. The van der Waals surface area contributed by atoms with E-state index in [2.05, 4.69) is 5.32 Å². The lowest BCUT2D eigenvalue weighted by molar-refractivity contribution is -0.145. The molecule has 0 bridgehead atoms. The van der Waals surface area contributed by atoms with E-state index >= 15 is 0 Å². The van der Waals surface area contributed by atoms with Crippen LogP contribution in [0.2, 0.25) is 0 Å². The summed E-state index contributed by atoms with van der Waals surface area (Å²) in [6, 6.07) is 5.81. The third-order valence-corrected chi connectivity index (χ3v) is 2.94. The molecule has 0 spiro atoms. The number of ether oxygens (including phenoxy) is 1. The van der Waals surface area contributed by atoms with Crippen molar-refractivity contribution >= 4 is 11.7 Å². The number of likely N-dealkylation sites (N-methyl/N-ethyl adjacent to an activating group) is 1. The summed E-state index contributed by atoms with van der Waals surface area (Å²) in [6.45, 7) is 5.42. The highest BCUT2D eigenvalue weighted by molar-refractivity contribution is 5.76. The number of hydrogen-bond acceptors (Lipinski definition) is 4. The minimum atomic E-state index is -0.384. The van der Waals surface area contributed by atoms with Crippen molar-refractivity contribution in [1.82, 2.24) is 5.32 Å². The molecule has 112 valence electrons. The van der Waals surface area contributed by atoms with Crippen LogP contribution in [0.5, 0.6) is 0 Å². The van der Waals surface area contributed by atoms with Crippen LogP contribution in [0.1, 0.15) is 20.3 Å². The van der Waals surface area contributed by atoms with Crippen LogP contribution in [0.4, 0.5) is 10.1 Å². The molecule has 1 N–H and O–H groups in total. The average molecular weight is 282 g/mol. The number of halogens is 1. The van der Waals surface area contributed by atoms with Gasteiger partial charge in [0.15, 0.2) is 0 Å². The molecule has 4 nitrogen and oxygen atoms in total. The van der Waals surface area contributed by atoms with Crippen LogP contribution in [0.3, 0.4) is 0 Å². The molecule has 0 fully saturated rings. The Morgan fingerprint density at radius 1 is 1.35 bits per heavy atom. The number of nitrogens with one attached hydrogen (secondary N) is 1. The number of esters is 1. The molecule has 0 radical (unpaired) electrons. The molecule has 1 aromatic rings. The molecular weight excluding hydrogens is 259 g/mol. The maximum Gasteiger partial charge on any atom is 0.324 e. The van der Waals surface area contributed by atoms with E-state index in [4.69, 9.17) is 4.74 Å². The first-order valence-corrected chi connectivity index (χ1v) is 6.95. The highest BCUT2D eigenvalue weighted by Gasteiger charge is 2.20. The van der Waals surface area contributed by atoms with Crippen LogP contribution < -0.4 is 10.2 Å². The molecular formula is C15H23FN2O2. The van der Waals surface area contributed by atoms with Crippen LogP contribution >= 0.6 is 0 Å². The third-order valence-electron chi connectivity index (χ3n) is 2.94. The zero-order chi connectivity index (χ0) is 15.0. The molecule has 0 aromatic heterocycles. The number of benzene rings is 1. The van der Waals surface area contributed by atoms with Crippen molar-refractivity contribution in [2.75, 3.05) is 31.6 Å². The lowest BCUT2D eigenvalue weighted by atomic mass is 10.2. The Balaban J connectivity index is 2.67. The Hall–Kier alpha value is -1.62. The van der Waals surface area contributed by atoms with Crippen LogP contribution in [-0.4, -0.2) is 38.8 Å². The normalized spacial score (nSPS) is 12.0. The Bertz CT molecular complexity index is 409. The van der Waals surface area contributed by atoms with E-state index in [9.17, 15) is 9.18 Å². The van der Waals surface area contributed by atoms with Gasteiger partial charge in [-0.3, -0.25) is 4.79 Å². The summed E-state index contributed by atoms with van der Waals surface area (Å²) in [5.41, 5.74) is 0.860. The maximum atomic E-state index is 12.9. The second kappa shape index (κ2) is 8.53. The lowest BCUT2D eigenvalue weighted by Gasteiger charge is -2.25. The third kappa shape index (κ3) is 5.17. The minimum absolute atomic E-state index is 0.255. The van der Waals surface area contributed by atoms with Crippen LogP contribution in [0, 0.1) is 5.82 Å². The van der Waals surface area contributed by atoms with Crippen molar-refractivity contribution in [2.45, 2.75) is 26.3 Å². The molecule has 1 atom stereocenters. The first kappa shape index (κ1) is 16.4. The maximum absolute atomic E-state index is 12.9.